The van der Waals surface area contributed by atoms with E-state index in [4.69, 9.17) is 0 Å². The minimum absolute atomic E-state index is 0.670. The Balaban J connectivity index is 1.72. The number of benzene rings is 6. The fourth-order valence-corrected chi connectivity index (χ4v) is 6.10. The third-order valence-electron chi connectivity index (χ3n) is 7.75. The Morgan fingerprint density at radius 1 is 0.410 bits per heavy atom. The molecule has 39 heavy (non-hydrogen) atoms. The molecule has 1 heteroatoms. The molecule has 7 rings (SSSR count). The van der Waals surface area contributed by atoms with Gasteiger partial charge in [-0.05, 0) is 85.3 Å². The second-order valence-corrected chi connectivity index (χ2v) is 9.97. The quantitative estimate of drug-likeness (QED) is 0.238. The zero-order valence-electron chi connectivity index (χ0n) is 21.4. The Labute approximate surface area is 229 Å². The fraction of sp³-hybridized carbons (Fsp3) is 0.0263. The summed E-state index contributed by atoms with van der Waals surface area (Å²) >= 11 is 0. The van der Waals surface area contributed by atoms with Crippen molar-refractivity contribution in [1.82, 2.24) is 0 Å². The summed E-state index contributed by atoms with van der Waals surface area (Å²) < 4.78 is 0. The van der Waals surface area contributed by atoms with Crippen LogP contribution in [0.4, 0.5) is 0 Å². The maximum absolute atomic E-state index is 9.51. The topological polar surface area (TPSA) is 23.8 Å². The third kappa shape index (κ3) is 3.86. The van der Waals surface area contributed by atoms with Gasteiger partial charge in [0.05, 0.1) is 11.6 Å². The molecule has 0 radical (unpaired) electrons. The predicted molar refractivity (Wildman–Crippen MR) is 161 cm³/mol. The van der Waals surface area contributed by atoms with Crippen LogP contribution in [0.15, 0.2) is 140 Å². The number of hydrogen-bond acceptors (Lipinski definition) is 1. The van der Waals surface area contributed by atoms with E-state index in [1.54, 1.807) is 0 Å². The smallest absolute Gasteiger partial charge is 0.0991 e. The van der Waals surface area contributed by atoms with E-state index in [2.05, 4.69) is 133 Å². The number of nitrogens with zero attached hydrogens (tertiary/aromatic N) is 1. The van der Waals surface area contributed by atoms with Crippen LogP contribution >= 0.6 is 0 Å². The highest BCUT2D eigenvalue weighted by Crippen LogP contribution is 2.55. The van der Waals surface area contributed by atoms with Crippen molar-refractivity contribution >= 4 is 0 Å². The van der Waals surface area contributed by atoms with Gasteiger partial charge in [-0.2, -0.15) is 5.26 Å². The van der Waals surface area contributed by atoms with Crippen LogP contribution in [0.2, 0.25) is 0 Å². The Hall–Kier alpha value is -5.19. The van der Waals surface area contributed by atoms with Crippen LogP contribution in [0.25, 0.3) is 55.6 Å². The predicted octanol–water partition coefficient (Wildman–Crippen LogP) is 9.80. The van der Waals surface area contributed by atoms with Crippen LogP contribution in [-0.4, -0.2) is 0 Å². The molecule has 0 saturated carbocycles. The first-order chi connectivity index (χ1) is 19.3. The van der Waals surface area contributed by atoms with Crippen LogP contribution < -0.4 is 0 Å². The molecule has 0 atom stereocenters. The fourth-order valence-electron chi connectivity index (χ4n) is 6.10. The summed E-state index contributed by atoms with van der Waals surface area (Å²) in [7, 11) is 0. The van der Waals surface area contributed by atoms with Gasteiger partial charge in [0.1, 0.15) is 0 Å². The van der Waals surface area contributed by atoms with E-state index in [1.807, 2.05) is 12.1 Å². The van der Waals surface area contributed by atoms with E-state index in [0.717, 1.165) is 12.0 Å². The van der Waals surface area contributed by atoms with E-state index in [-0.39, 0.29) is 0 Å². The lowest BCUT2D eigenvalue weighted by Crippen LogP contribution is -2.00. The summed E-state index contributed by atoms with van der Waals surface area (Å²) in [6.07, 6.45) is 0.871. The van der Waals surface area contributed by atoms with Crippen LogP contribution in [-0.2, 0) is 6.42 Å². The van der Waals surface area contributed by atoms with Gasteiger partial charge in [-0.1, -0.05) is 127 Å². The minimum atomic E-state index is 0.670. The lowest BCUT2D eigenvalue weighted by atomic mass is 9.77. The third-order valence-corrected chi connectivity index (χ3v) is 7.75. The van der Waals surface area contributed by atoms with Gasteiger partial charge in [-0.25, -0.2) is 0 Å². The molecule has 0 saturated heterocycles. The second kappa shape index (κ2) is 9.60. The highest BCUT2D eigenvalue weighted by Gasteiger charge is 2.32. The van der Waals surface area contributed by atoms with E-state index < -0.39 is 0 Å². The van der Waals surface area contributed by atoms with Crippen LogP contribution in [0.1, 0.15) is 16.7 Å². The number of rotatable bonds is 4. The van der Waals surface area contributed by atoms with Gasteiger partial charge >= 0.3 is 0 Å². The van der Waals surface area contributed by atoms with Crippen LogP contribution in [0.3, 0.4) is 0 Å². The highest BCUT2D eigenvalue weighted by atomic mass is 14.3. The maximum Gasteiger partial charge on any atom is 0.0991 e. The molecule has 182 valence electrons. The van der Waals surface area contributed by atoms with E-state index in [9.17, 15) is 5.26 Å². The molecule has 0 spiro atoms. The molecule has 6 aromatic carbocycles. The first-order valence-corrected chi connectivity index (χ1v) is 13.3. The summed E-state index contributed by atoms with van der Waals surface area (Å²) in [4.78, 5) is 0. The van der Waals surface area contributed by atoms with Gasteiger partial charge in [0, 0.05) is 0 Å². The summed E-state index contributed by atoms with van der Waals surface area (Å²) in [5.74, 6) is 0. The van der Waals surface area contributed by atoms with Crippen LogP contribution in [0.5, 0.6) is 0 Å². The molecule has 6 aromatic rings. The molecular weight excluding hydrogens is 470 g/mol. The lowest BCUT2D eigenvalue weighted by Gasteiger charge is -2.26. The summed E-state index contributed by atoms with van der Waals surface area (Å²) in [6.45, 7) is 0. The Morgan fingerprint density at radius 2 is 0.846 bits per heavy atom. The first-order valence-electron chi connectivity index (χ1n) is 13.3. The zero-order chi connectivity index (χ0) is 26.2. The van der Waals surface area contributed by atoms with Crippen molar-refractivity contribution < 1.29 is 0 Å². The molecule has 0 N–H and O–H groups in total. The van der Waals surface area contributed by atoms with Crippen LogP contribution in [0, 0.1) is 11.3 Å². The lowest BCUT2D eigenvalue weighted by molar-refractivity contribution is 1.26. The van der Waals surface area contributed by atoms with Gasteiger partial charge in [-0.15, -0.1) is 0 Å². The highest BCUT2D eigenvalue weighted by molar-refractivity contribution is 6.10. The average Bonchev–Trinajstić information content (AvgIpc) is 3.40. The van der Waals surface area contributed by atoms with Crippen molar-refractivity contribution in [1.29, 1.82) is 5.26 Å². The summed E-state index contributed by atoms with van der Waals surface area (Å²) in [5.41, 5.74) is 15.7. The molecule has 1 nitrogen and oxygen atoms in total. The molecule has 0 aliphatic heterocycles. The molecule has 0 unspecified atom stereocenters. The van der Waals surface area contributed by atoms with Crippen molar-refractivity contribution in [2.24, 2.45) is 0 Å². The molecule has 0 heterocycles. The largest absolute Gasteiger partial charge is 0.192 e. The molecule has 0 amide bonds. The van der Waals surface area contributed by atoms with E-state index in [1.165, 1.54) is 61.2 Å². The van der Waals surface area contributed by atoms with Crippen molar-refractivity contribution in [3.63, 3.8) is 0 Å². The second-order valence-electron chi connectivity index (χ2n) is 9.97. The minimum Gasteiger partial charge on any atom is -0.192 e. The first kappa shape index (κ1) is 23.0. The monoisotopic (exact) mass is 495 g/mol. The zero-order valence-corrected chi connectivity index (χ0v) is 21.4. The van der Waals surface area contributed by atoms with Crippen molar-refractivity contribution in [2.45, 2.75) is 6.42 Å². The molecule has 1 aliphatic carbocycles. The Kier molecular flexibility index (Phi) is 5.65. The standard InChI is InChI=1S/C38H25N/c39-25-26-20-22-30(23-21-26)34-33-24-31-18-10-11-19-32(31)38(33)37(29-16-8-3-9-17-29)36(28-14-6-2-7-15-28)35(34)27-12-4-1-5-13-27/h1-23H,24H2. The number of nitriles is 1. The maximum atomic E-state index is 9.51. The van der Waals surface area contributed by atoms with Crippen molar-refractivity contribution in [3.05, 3.63) is 156 Å². The molecule has 0 aromatic heterocycles. The van der Waals surface area contributed by atoms with Crippen molar-refractivity contribution in [3.8, 4) is 61.7 Å². The van der Waals surface area contributed by atoms with Gasteiger partial charge in [0.2, 0.25) is 0 Å². The normalized spacial score (nSPS) is 11.5. The average molecular weight is 496 g/mol. The van der Waals surface area contributed by atoms with Gasteiger partial charge in [-0.3, -0.25) is 0 Å². The van der Waals surface area contributed by atoms with Gasteiger partial charge in [0.25, 0.3) is 0 Å². The molecular formula is C38H25N. The number of fused-ring (bicyclic) bond motifs is 3. The van der Waals surface area contributed by atoms with Crippen molar-refractivity contribution in [2.75, 3.05) is 0 Å². The van der Waals surface area contributed by atoms with Gasteiger partial charge in [0.15, 0.2) is 0 Å². The molecule has 1 aliphatic rings. The molecule has 0 bridgehead atoms. The summed E-state index contributed by atoms with van der Waals surface area (Å²) in [5, 5.41) is 9.51. The van der Waals surface area contributed by atoms with Gasteiger partial charge < -0.3 is 0 Å². The SMILES string of the molecule is N#Cc1ccc(-c2c3c(c(-c4ccccc4)c(-c4ccccc4)c2-c2ccccc2)-c2ccccc2C3)cc1. The van der Waals surface area contributed by atoms with E-state index in [0.29, 0.717) is 5.56 Å². The number of hydrogen-bond donors (Lipinski definition) is 0. The molecule has 0 fully saturated rings. The van der Waals surface area contributed by atoms with E-state index >= 15 is 0 Å². The Bertz CT molecular complexity index is 1840. The summed E-state index contributed by atoms with van der Waals surface area (Å²) in [6, 6.07) is 51.6. The Morgan fingerprint density at radius 3 is 1.38 bits per heavy atom.